The number of benzene rings is 6. The van der Waals surface area contributed by atoms with E-state index in [-0.39, 0.29) is 83.3 Å². The fourth-order valence-corrected chi connectivity index (χ4v) is 22.3. The van der Waals surface area contributed by atoms with E-state index in [1.54, 1.807) is 72.9 Å². The van der Waals surface area contributed by atoms with Crippen molar-refractivity contribution in [3.63, 3.8) is 0 Å². The van der Waals surface area contributed by atoms with Crippen LogP contribution in [0.25, 0.3) is 55.0 Å². The highest BCUT2D eigenvalue weighted by molar-refractivity contribution is 9.10. The Bertz CT molecular complexity index is 6790. The van der Waals surface area contributed by atoms with Gasteiger partial charge < -0.3 is 65.3 Å². The summed E-state index contributed by atoms with van der Waals surface area (Å²) in [7, 11) is -7.49. The van der Waals surface area contributed by atoms with Crippen LogP contribution in [-0.2, 0) is 60.0 Å². The highest BCUT2D eigenvalue weighted by Gasteiger charge is 2.53. The van der Waals surface area contributed by atoms with Gasteiger partial charge in [0.1, 0.15) is 21.9 Å². The number of hydrogen-bond donors (Lipinski definition) is 7. The molecule has 0 bridgehead atoms. The van der Waals surface area contributed by atoms with Crippen LogP contribution >= 0.6 is 50.7 Å². The van der Waals surface area contributed by atoms with Crippen LogP contribution in [0.1, 0.15) is 174 Å². The van der Waals surface area contributed by atoms with Crippen molar-refractivity contribution in [3.8, 4) is 39.9 Å². The molecule has 12 aromatic rings. The fraction of sp³-hybridized carbons (Fsp3) is 0.404. The average Bonchev–Trinajstić information content (AvgIpc) is 1.62. The lowest BCUT2D eigenvalue weighted by molar-refractivity contribution is 0.00578. The van der Waals surface area contributed by atoms with Crippen molar-refractivity contribution in [1.82, 2.24) is 55.5 Å². The van der Waals surface area contributed by atoms with Crippen LogP contribution in [0.4, 0.5) is 33.3 Å². The molecule has 6 aromatic heterocycles. The number of hydrogen-bond acceptors (Lipinski definition) is 28. The van der Waals surface area contributed by atoms with Crippen LogP contribution < -0.4 is 56.7 Å². The van der Waals surface area contributed by atoms with E-state index < -0.39 is 59.2 Å². The van der Waals surface area contributed by atoms with Crippen LogP contribution in [-0.4, -0.2) is 169 Å². The summed E-state index contributed by atoms with van der Waals surface area (Å²) in [4.78, 5) is 65.3. The normalized spacial score (nSPS) is 18.2. The largest absolute Gasteiger partial charge is 0.500 e. The standard InChI is InChI=1S/C33H38ClN5O5S.C28H30ClN5O3S.C20H27BrN4O2.C18H22BClN2O5S/c1-20-16-21(26-15-14-25(36-30(26)43-5)19-45(41,42)28-9-7-6-8-27(28)34)17-22-18-35-31(39-29(20)22)37-23-10-12-24(13-11-23)38-32(40)44-33(2,3)4;1-17-13-18(14-19-15-31-28(34-26(17)19)33-21-9-7-20(30)8-10-21)23-12-11-22(32-27(23)37-2)16-38(35,36)25-6-4-3-5-24(25)29;1-12-9-14(21)10-13-11-22-18(25-17(12)13)23-15-5-7-16(8-6-15)24-19(26)27-20(2,3)4;1-17(2)18(3,4)27-19(26-17)12-10-11-15(21-16(12)25-5)22-28(23,24)14-9-7-6-8-13(14)20/h6-9,14-18,23-24H,10-13,19H2,1-5H3,(H,38,40)(H,35,37,39);3-6,11-15,20-21H,7-10,16,30H2,1-2H3,(H,31,33,34);9-11,15-16H,5-8H2,1-4H3,(H,24,26)(H,22,23,25);6-11H,1-5H3,(H,21,22). The monoisotopic (exact) mass is 2060 g/mol. The smallest absolute Gasteiger partial charge is 0.481 e. The van der Waals surface area contributed by atoms with E-state index in [2.05, 4.69) is 95.1 Å². The highest BCUT2D eigenvalue weighted by atomic mass is 79.9. The number of sulfone groups is 2. The zero-order valence-electron chi connectivity index (χ0n) is 80.0. The molecular formula is C99H117BBrCl3N16O15S3. The summed E-state index contributed by atoms with van der Waals surface area (Å²) in [5, 5.41) is 19.6. The van der Waals surface area contributed by atoms with E-state index in [4.69, 9.17) is 83.5 Å². The van der Waals surface area contributed by atoms with Gasteiger partial charge in [0.25, 0.3) is 10.0 Å². The highest BCUT2D eigenvalue weighted by Crippen LogP contribution is 2.41. The van der Waals surface area contributed by atoms with Crippen LogP contribution in [0.2, 0.25) is 15.1 Å². The maximum absolute atomic E-state index is 13.0. The van der Waals surface area contributed by atoms with Crippen molar-refractivity contribution < 1.29 is 67.8 Å². The van der Waals surface area contributed by atoms with Crippen molar-refractivity contribution in [2.75, 3.05) is 42.0 Å². The molecule has 138 heavy (non-hydrogen) atoms. The number of anilines is 4. The lowest BCUT2D eigenvalue weighted by Crippen LogP contribution is -2.42. The third kappa shape index (κ3) is 27.2. The third-order valence-corrected chi connectivity index (χ3v) is 30.7. The van der Waals surface area contributed by atoms with Crippen LogP contribution in [0, 0.1) is 20.8 Å². The second-order valence-electron chi connectivity index (χ2n) is 37.7. The average molecular weight is 2060 g/mol. The molecule has 8 N–H and O–H groups in total. The Kier molecular flexibility index (Phi) is 33.5. The summed E-state index contributed by atoms with van der Waals surface area (Å²) in [6.07, 6.45) is 16.0. The molecule has 6 aromatic carbocycles. The van der Waals surface area contributed by atoms with E-state index in [0.717, 1.165) is 153 Å². The SMILES string of the molecule is COc1nc(CS(=O)(=O)c2ccccc2Cl)ccc1-c1cc(C)c2nc(NC3CCC(N)CC3)ncc2c1.COc1nc(CS(=O)(=O)c2ccccc2Cl)ccc1-c1cc(C)c2nc(NC3CCC(NC(=O)OC(C)(C)C)CC3)ncc2c1.COc1nc(NS(=O)(=O)c2ccccc2Cl)ccc1B1OC(C)(C)C(C)(C)O1.Cc1cc(Br)cc2cnc(NC3CCC(NC(=O)OC(C)(C)C)CC3)nc12. The minimum absolute atomic E-state index is 0.0348. The minimum atomic E-state index is -3.90. The number of halogens is 4. The second kappa shape index (κ2) is 44.3. The van der Waals surface area contributed by atoms with Gasteiger partial charge in [0, 0.05) is 92.1 Å². The number of aromatic nitrogens is 9. The first kappa shape index (κ1) is 104. The first-order chi connectivity index (χ1) is 65.2. The van der Waals surface area contributed by atoms with E-state index in [1.165, 1.54) is 51.7 Å². The molecule has 2 amide bonds. The number of carbonyl (C=O) groups is 2. The molecule has 4 aliphatic rings. The number of pyridine rings is 3. The first-order valence-electron chi connectivity index (χ1n) is 45.4. The topological polar surface area (TPSA) is 415 Å². The summed E-state index contributed by atoms with van der Waals surface area (Å²) < 4.78 is 120. The Morgan fingerprint density at radius 2 is 0.812 bits per heavy atom. The van der Waals surface area contributed by atoms with Crippen molar-refractivity contribution >= 4 is 162 Å². The number of amides is 2. The van der Waals surface area contributed by atoms with Crippen LogP contribution in [0.15, 0.2) is 183 Å². The number of methoxy groups -OCH3 is 3. The Balaban J connectivity index is 0.000000159. The van der Waals surface area contributed by atoms with Gasteiger partial charge >= 0.3 is 19.3 Å². The van der Waals surface area contributed by atoms with Gasteiger partial charge in [-0.05, 0) is 298 Å². The van der Waals surface area contributed by atoms with Crippen LogP contribution in [0.5, 0.6) is 17.6 Å². The van der Waals surface area contributed by atoms with E-state index >= 15 is 0 Å². The molecule has 3 saturated carbocycles. The van der Waals surface area contributed by atoms with Crippen molar-refractivity contribution in [1.29, 1.82) is 0 Å². The predicted octanol–water partition coefficient (Wildman–Crippen LogP) is 20.0. The number of nitrogens with zero attached hydrogens (tertiary/aromatic N) is 9. The molecular weight excluding hydrogens is 1950 g/mol. The van der Waals surface area contributed by atoms with Crippen molar-refractivity contribution in [2.45, 2.75) is 252 Å². The number of nitrogens with two attached hydrogens (primary N) is 1. The molecule has 31 nitrogen and oxygen atoms in total. The number of alkyl carbamates (subject to hydrolysis) is 2. The summed E-state index contributed by atoms with van der Waals surface area (Å²) in [6.45, 7) is 25.0. The number of fused-ring (bicyclic) bond motifs is 3. The predicted molar refractivity (Wildman–Crippen MR) is 545 cm³/mol. The molecule has 39 heteroatoms. The maximum Gasteiger partial charge on any atom is 0.500 e. The Labute approximate surface area is 830 Å². The fourth-order valence-electron chi connectivity index (χ4n) is 16.5. The summed E-state index contributed by atoms with van der Waals surface area (Å²) in [5.74, 6) is 2.20. The zero-order chi connectivity index (χ0) is 99.6. The zero-order valence-corrected chi connectivity index (χ0v) is 86.3. The van der Waals surface area contributed by atoms with Gasteiger partial charge in [0.2, 0.25) is 35.5 Å². The summed E-state index contributed by atoms with van der Waals surface area (Å²) >= 11 is 21.8. The molecule has 3 aliphatic carbocycles. The number of rotatable bonds is 23. The Morgan fingerprint density at radius 1 is 0.457 bits per heavy atom. The molecule has 0 unspecified atom stereocenters. The lowest BCUT2D eigenvalue weighted by Gasteiger charge is -2.32. The Morgan fingerprint density at radius 3 is 1.19 bits per heavy atom. The molecule has 16 rings (SSSR count). The van der Waals surface area contributed by atoms with Gasteiger partial charge in [-0.1, -0.05) is 93.2 Å². The van der Waals surface area contributed by atoms with Crippen molar-refractivity contribution in [3.05, 3.63) is 212 Å². The maximum atomic E-state index is 13.0. The van der Waals surface area contributed by atoms with Gasteiger partial charge in [-0.2, -0.15) is 4.98 Å². The van der Waals surface area contributed by atoms with E-state index in [0.29, 0.717) is 64.6 Å². The molecule has 1 saturated heterocycles. The van der Waals surface area contributed by atoms with Gasteiger partial charge in [0.05, 0.1) is 96.8 Å². The summed E-state index contributed by atoms with van der Waals surface area (Å²) in [6, 6.07) is 42.6. The van der Waals surface area contributed by atoms with Gasteiger partial charge in [0.15, 0.2) is 19.7 Å². The molecule has 7 heterocycles. The quantitative estimate of drug-likeness (QED) is 0.0292. The number of sulfonamides is 1. The van der Waals surface area contributed by atoms with E-state index in [9.17, 15) is 34.8 Å². The van der Waals surface area contributed by atoms with Gasteiger partial charge in [-0.25, -0.2) is 74.7 Å². The Hall–Kier alpha value is -10.9. The van der Waals surface area contributed by atoms with E-state index in [1.807, 2.05) is 138 Å². The van der Waals surface area contributed by atoms with Crippen LogP contribution in [0.3, 0.4) is 0 Å². The lowest BCUT2D eigenvalue weighted by atomic mass is 9.79. The van der Waals surface area contributed by atoms with Gasteiger partial charge in [-0.15, -0.1) is 0 Å². The molecule has 0 spiro atoms. The third-order valence-electron chi connectivity index (χ3n) is 24.1. The molecule has 732 valence electrons. The number of aryl methyl sites for hydroxylation is 3. The first-order valence-corrected chi connectivity index (χ1v) is 52.2. The molecule has 0 radical (unpaired) electrons. The molecule has 1 aliphatic heterocycles. The minimum Gasteiger partial charge on any atom is -0.481 e. The number of nitrogens with one attached hydrogen (secondary N) is 6. The van der Waals surface area contributed by atoms with Crippen molar-refractivity contribution in [2.24, 2.45) is 5.73 Å². The number of carbonyl (C=O) groups excluding carboxylic acids is 2. The molecule has 0 atom stereocenters. The second-order valence-corrected chi connectivity index (χ2v) is 45.4. The summed E-state index contributed by atoms with van der Waals surface area (Å²) in [5.41, 5.74) is 14.2. The van der Waals surface area contributed by atoms with Gasteiger partial charge in [-0.3, -0.25) is 4.72 Å². The number of ether oxygens (including phenoxy) is 5. The molecule has 4 fully saturated rings.